The van der Waals surface area contributed by atoms with Crippen molar-refractivity contribution in [2.45, 2.75) is 19.9 Å². The van der Waals surface area contributed by atoms with Crippen LogP contribution in [0.25, 0.3) is 22.6 Å². The van der Waals surface area contributed by atoms with Crippen LogP contribution in [0.15, 0.2) is 34.9 Å². The van der Waals surface area contributed by atoms with E-state index < -0.39 is 5.97 Å². The average molecular weight is 271 g/mol. The van der Waals surface area contributed by atoms with Gasteiger partial charge in [-0.25, -0.2) is 4.98 Å². The van der Waals surface area contributed by atoms with E-state index in [1.165, 1.54) is 0 Å². The Morgan fingerprint density at radius 1 is 1.40 bits per heavy atom. The molecule has 0 aliphatic carbocycles. The van der Waals surface area contributed by atoms with Crippen molar-refractivity contribution in [3.63, 3.8) is 0 Å². The molecule has 20 heavy (non-hydrogen) atoms. The number of imidazole rings is 1. The molecule has 0 unspecified atom stereocenters. The minimum absolute atomic E-state index is 0.0282. The maximum absolute atomic E-state index is 10.8. The summed E-state index contributed by atoms with van der Waals surface area (Å²) < 4.78 is 7.10. The van der Waals surface area contributed by atoms with Gasteiger partial charge in [0.1, 0.15) is 0 Å². The fourth-order valence-corrected chi connectivity index (χ4v) is 2.17. The van der Waals surface area contributed by atoms with Crippen LogP contribution in [0.5, 0.6) is 0 Å². The Kier molecular flexibility index (Phi) is 2.98. The Balaban J connectivity index is 2.14. The molecule has 6 nitrogen and oxygen atoms in total. The van der Waals surface area contributed by atoms with E-state index in [1.54, 1.807) is 6.07 Å². The van der Waals surface area contributed by atoms with Gasteiger partial charge in [0.15, 0.2) is 5.82 Å². The van der Waals surface area contributed by atoms with E-state index >= 15 is 0 Å². The average Bonchev–Trinajstić information content (AvgIpc) is 2.99. The van der Waals surface area contributed by atoms with Crippen molar-refractivity contribution in [1.82, 2.24) is 14.7 Å². The second-order valence-electron chi connectivity index (χ2n) is 4.55. The van der Waals surface area contributed by atoms with Crippen LogP contribution in [0.3, 0.4) is 0 Å². The van der Waals surface area contributed by atoms with E-state index in [0.717, 1.165) is 16.7 Å². The van der Waals surface area contributed by atoms with Gasteiger partial charge in [-0.1, -0.05) is 17.3 Å². The van der Waals surface area contributed by atoms with Crippen LogP contribution in [-0.4, -0.2) is 25.8 Å². The van der Waals surface area contributed by atoms with Gasteiger partial charge in [0.2, 0.25) is 5.76 Å². The van der Waals surface area contributed by atoms with Crippen LogP contribution >= 0.6 is 0 Å². The molecule has 1 aromatic carbocycles. The van der Waals surface area contributed by atoms with E-state index in [2.05, 4.69) is 10.1 Å². The molecule has 0 amide bonds. The van der Waals surface area contributed by atoms with Gasteiger partial charge in [0, 0.05) is 12.6 Å². The van der Waals surface area contributed by atoms with Crippen molar-refractivity contribution in [2.24, 2.45) is 0 Å². The Hall–Kier alpha value is -2.63. The lowest BCUT2D eigenvalue weighted by Crippen LogP contribution is -2.05. The van der Waals surface area contributed by atoms with Crippen molar-refractivity contribution < 1.29 is 14.4 Å². The zero-order valence-corrected chi connectivity index (χ0v) is 10.9. The topological polar surface area (TPSA) is 81.2 Å². The highest BCUT2D eigenvalue weighted by Gasteiger charge is 2.16. The fourth-order valence-electron chi connectivity index (χ4n) is 2.17. The third-order valence-corrected chi connectivity index (χ3v) is 3.05. The van der Waals surface area contributed by atoms with Gasteiger partial charge in [0.05, 0.1) is 23.1 Å². The van der Waals surface area contributed by atoms with Crippen LogP contribution in [-0.2, 0) is 11.3 Å². The number of para-hydroxylation sites is 2. The monoisotopic (exact) mass is 271 g/mol. The molecule has 0 saturated carbocycles. The molecule has 0 fully saturated rings. The summed E-state index contributed by atoms with van der Waals surface area (Å²) in [5, 5.41) is 12.7. The molecule has 0 atom stereocenters. The second kappa shape index (κ2) is 4.80. The normalized spacial score (nSPS) is 11.1. The van der Waals surface area contributed by atoms with Crippen molar-refractivity contribution in [3.05, 3.63) is 36.0 Å². The lowest BCUT2D eigenvalue weighted by molar-refractivity contribution is -0.137. The molecular formula is C14H13N3O3. The van der Waals surface area contributed by atoms with Gasteiger partial charge in [0.25, 0.3) is 0 Å². The number of benzene rings is 1. The number of carbonyl (C=O) groups is 1. The second-order valence-corrected chi connectivity index (χ2v) is 4.55. The molecule has 3 aromatic rings. The van der Waals surface area contributed by atoms with Crippen molar-refractivity contribution >= 4 is 17.0 Å². The summed E-state index contributed by atoms with van der Waals surface area (Å²) in [6, 6.07) is 9.39. The first-order valence-corrected chi connectivity index (χ1v) is 6.26. The predicted octanol–water partition coefficient (Wildman–Crippen LogP) is 2.47. The highest BCUT2D eigenvalue weighted by atomic mass is 16.5. The summed E-state index contributed by atoms with van der Waals surface area (Å²) in [7, 11) is 0. The van der Waals surface area contributed by atoms with Crippen LogP contribution < -0.4 is 0 Å². The molecular weight excluding hydrogens is 258 g/mol. The summed E-state index contributed by atoms with van der Waals surface area (Å²) in [5.74, 6) is 0.305. The zero-order chi connectivity index (χ0) is 14.1. The molecule has 102 valence electrons. The summed E-state index contributed by atoms with van der Waals surface area (Å²) >= 11 is 0. The van der Waals surface area contributed by atoms with Crippen molar-refractivity contribution in [2.75, 3.05) is 0 Å². The zero-order valence-electron chi connectivity index (χ0n) is 10.9. The van der Waals surface area contributed by atoms with Crippen LogP contribution in [0.2, 0.25) is 0 Å². The largest absolute Gasteiger partial charge is 0.481 e. The van der Waals surface area contributed by atoms with E-state index in [-0.39, 0.29) is 6.42 Å². The van der Waals surface area contributed by atoms with E-state index in [0.29, 0.717) is 18.1 Å². The number of hydrogen-bond acceptors (Lipinski definition) is 4. The van der Waals surface area contributed by atoms with Crippen LogP contribution in [0, 0.1) is 6.92 Å². The third-order valence-electron chi connectivity index (χ3n) is 3.05. The number of hydrogen-bond donors (Lipinski definition) is 1. The molecule has 0 radical (unpaired) electrons. The minimum atomic E-state index is -0.845. The van der Waals surface area contributed by atoms with Crippen LogP contribution in [0.1, 0.15) is 12.1 Å². The summed E-state index contributed by atoms with van der Waals surface area (Å²) in [4.78, 5) is 15.3. The SMILES string of the molecule is Cc1cc(-c2nc3ccccc3n2CCC(=O)O)on1. The first kappa shape index (κ1) is 12.4. The highest BCUT2D eigenvalue weighted by Crippen LogP contribution is 2.25. The molecule has 3 rings (SSSR count). The summed E-state index contributed by atoms with van der Waals surface area (Å²) in [5.41, 5.74) is 2.46. The number of rotatable bonds is 4. The lowest BCUT2D eigenvalue weighted by atomic mass is 10.3. The van der Waals surface area contributed by atoms with E-state index in [9.17, 15) is 4.79 Å². The van der Waals surface area contributed by atoms with Gasteiger partial charge in [-0.3, -0.25) is 4.79 Å². The Bertz CT molecular complexity index is 773. The Morgan fingerprint density at radius 2 is 2.20 bits per heavy atom. The predicted molar refractivity (Wildman–Crippen MR) is 72.2 cm³/mol. The molecule has 0 bridgehead atoms. The number of aromatic nitrogens is 3. The maximum Gasteiger partial charge on any atom is 0.305 e. The quantitative estimate of drug-likeness (QED) is 0.788. The molecule has 0 aliphatic rings. The molecule has 1 N–H and O–H groups in total. The molecule has 2 aromatic heterocycles. The van der Waals surface area contributed by atoms with Gasteiger partial charge in [-0.15, -0.1) is 0 Å². The molecule has 0 saturated heterocycles. The molecule has 6 heteroatoms. The van der Waals surface area contributed by atoms with Crippen molar-refractivity contribution in [3.8, 4) is 11.6 Å². The first-order chi connectivity index (χ1) is 9.65. The first-order valence-electron chi connectivity index (χ1n) is 6.26. The van der Waals surface area contributed by atoms with Crippen LogP contribution in [0.4, 0.5) is 0 Å². The maximum atomic E-state index is 10.8. The number of aliphatic carboxylic acids is 1. The Labute approximate surface area is 114 Å². The van der Waals surface area contributed by atoms with Gasteiger partial charge >= 0.3 is 5.97 Å². The number of nitrogens with zero attached hydrogens (tertiary/aromatic N) is 3. The highest BCUT2D eigenvalue weighted by molar-refractivity contribution is 5.80. The number of fused-ring (bicyclic) bond motifs is 1. The van der Waals surface area contributed by atoms with Gasteiger partial charge in [-0.05, 0) is 19.1 Å². The standard InChI is InChI=1S/C14H13N3O3/c1-9-8-12(20-16-9)14-15-10-4-2-3-5-11(10)17(14)7-6-13(18)19/h2-5,8H,6-7H2,1H3,(H,18,19). The molecule has 0 aliphatic heterocycles. The number of aryl methyl sites for hydroxylation is 2. The van der Waals surface area contributed by atoms with Gasteiger partial charge < -0.3 is 14.2 Å². The number of carboxylic acids is 1. The summed E-state index contributed by atoms with van der Waals surface area (Å²) in [6.45, 7) is 2.17. The van der Waals surface area contributed by atoms with E-state index in [1.807, 2.05) is 35.8 Å². The Morgan fingerprint density at radius 3 is 2.90 bits per heavy atom. The molecule has 2 heterocycles. The minimum Gasteiger partial charge on any atom is -0.481 e. The van der Waals surface area contributed by atoms with Gasteiger partial charge in [-0.2, -0.15) is 0 Å². The van der Waals surface area contributed by atoms with E-state index in [4.69, 9.17) is 9.63 Å². The smallest absolute Gasteiger partial charge is 0.305 e. The third kappa shape index (κ3) is 2.16. The van der Waals surface area contributed by atoms with Crippen molar-refractivity contribution in [1.29, 1.82) is 0 Å². The summed E-state index contributed by atoms with van der Waals surface area (Å²) in [6.07, 6.45) is 0.0282. The molecule has 0 spiro atoms. The lowest BCUT2D eigenvalue weighted by Gasteiger charge is -2.05. The fraction of sp³-hybridized carbons (Fsp3) is 0.214. The number of carboxylic acid groups (broad SMARTS) is 1.